The van der Waals surface area contributed by atoms with Gasteiger partial charge in [-0.1, -0.05) is 115 Å². The lowest BCUT2D eigenvalue weighted by Gasteiger charge is -2.13. The molecule has 0 amide bonds. The van der Waals surface area contributed by atoms with Crippen LogP contribution >= 0.6 is 0 Å². The van der Waals surface area contributed by atoms with Gasteiger partial charge in [0.05, 0.1) is 39.0 Å². The quantitative estimate of drug-likeness (QED) is 0.163. The molecule has 0 unspecified atom stereocenters. The van der Waals surface area contributed by atoms with Crippen molar-refractivity contribution in [3.63, 3.8) is 0 Å². The number of hydrogen-bond acceptors (Lipinski definition) is 6. The van der Waals surface area contributed by atoms with Gasteiger partial charge < -0.3 is 0 Å². The molecule has 0 saturated heterocycles. The average molecular weight is 743 g/mol. The van der Waals surface area contributed by atoms with Crippen LogP contribution in [0.1, 0.15) is 0 Å². The Kier molecular flexibility index (Phi) is 7.06. The summed E-state index contributed by atoms with van der Waals surface area (Å²) in [6.45, 7) is 0. The Morgan fingerprint density at radius 1 is 0.345 bits per heavy atom. The van der Waals surface area contributed by atoms with Crippen LogP contribution < -0.4 is 0 Å². The molecule has 58 heavy (non-hydrogen) atoms. The van der Waals surface area contributed by atoms with Crippen molar-refractivity contribution in [3.8, 4) is 51.2 Å². The summed E-state index contributed by atoms with van der Waals surface area (Å²) in [7, 11) is 0. The first-order chi connectivity index (χ1) is 28.7. The third-order valence-corrected chi connectivity index (χ3v) is 11.1. The number of fused-ring (bicyclic) bond motifs is 11. The maximum atomic E-state index is 5.27. The monoisotopic (exact) mass is 742 g/mol. The number of imidazole rings is 1. The van der Waals surface area contributed by atoms with Gasteiger partial charge in [0.2, 0.25) is 5.95 Å². The maximum absolute atomic E-state index is 5.27. The summed E-state index contributed by atoms with van der Waals surface area (Å²) in [6.07, 6.45) is 3.62. The number of rotatable bonds is 5. The zero-order valence-corrected chi connectivity index (χ0v) is 30.9. The molecule has 6 aromatic heterocycles. The summed E-state index contributed by atoms with van der Waals surface area (Å²) in [4.78, 5) is 29.9. The second-order valence-electron chi connectivity index (χ2n) is 14.4. The average Bonchev–Trinajstić information content (AvgIpc) is 3.85. The fraction of sp³-hybridized carbons (Fsp3) is 0. The number of hydrogen-bond donors (Lipinski definition) is 0. The van der Waals surface area contributed by atoms with Crippen LogP contribution in [-0.2, 0) is 0 Å². The van der Waals surface area contributed by atoms with Crippen molar-refractivity contribution in [2.75, 3.05) is 0 Å². The molecule has 6 heterocycles. The Morgan fingerprint density at radius 2 is 0.879 bits per heavy atom. The zero-order chi connectivity index (χ0) is 38.2. The van der Waals surface area contributed by atoms with E-state index < -0.39 is 0 Å². The number of benzene rings is 6. The van der Waals surface area contributed by atoms with E-state index in [4.69, 9.17) is 19.9 Å². The predicted molar refractivity (Wildman–Crippen MR) is 233 cm³/mol. The fourth-order valence-corrected chi connectivity index (χ4v) is 8.35. The number of pyridine rings is 3. The molecule has 8 heteroatoms. The van der Waals surface area contributed by atoms with Crippen molar-refractivity contribution in [2.24, 2.45) is 0 Å². The highest BCUT2D eigenvalue weighted by Crippen LogP contribution is 2.39. The van der Waals surface area contributed by atoms with Gasteiger partial charge in [-0.15, -0.1) is 0 Å². The Balaban J connectivity index is 1.13. The van der Waals surface area contributed by atoms with Crippen molar-refractivity contribution >= 4 is 60.2 Å². The normalized spacial score (nSPS) is 11.8. The van der Waals surface area contributed by atoms with Crippen LogP contribution in [0.2, 0.25) is 0 Å². The molecule has 12 aromatic rings. The molecule has 8 nitrogen and oxygen atoms in total. The summed E-state index contributed by atoms with van der Waals surface area (Å²) in [5.41, 5.74) is 11.6. The molecule has 0 aliphatic rings. The van der Waals surface area contributed by atoms with Gasteiger partial charge in [-0.05, 0) is 60.0 Å². The highest BCUT2D eigenvalue weighted by atomic mass is 15.2. The SMILES string of the molecule is c1ccc(-c2ccc(-c3nc(-c4ccc(-c5ccccn5)cc4)nc(-n4c5ccccc5c5cc6c7ccccc7c7nc8ccccc8n7c6cc54)n3)cc2)nc1. The minimum Gasteiger partial charge on any atom is -0.292 e. The summed E-state index contributed by atoms with van der Waals surface area (Å²) in [5, 5.41) is 5.65. The van der Waals surface area contributed by atoms with Crippen LogP contribution in [0.5, 0.6) is 0 Å². The van der Waals surface area contributed by atoms with Gasteiger partial charge in [-0.2, -0.15) is 9.97 Å². The van der Waals surface area contributed by atoms with Gasteiger partial charge in [-0.3, -0.25) is 18.9 Å². The van der Waals surface area contributed by atoms with E-state index in [0.717, 1.165) is 93.8 Å². The van der Waals surface area contributed by atoms with E-state index >= 15 is 0 Å². The highest BCUT2D eigenvalue weighted by Gasteiger charge is 2.21. The Labute approximate surface area is 331 Å². The molecule has 0 aliphatic carbocycles. The third-order valence-electron chi connectivity index (χ3n) is 11.1. The second kappa shape index (κ2) is 12.7. The smallest absolute Gasteiger partial charge is 0.238 e. The van der Waals surface area contributed by atoms with E-state index in [2.05, 4.69) is 146 Å². The molecule has 0 saturated carbocycles. The minimum absolute atomic E-state index is 0.528. The molecule has 0 fully saturated rings. The van der Waals surface area contributed by atoms with E-state index in [1.807, 2.05) is 54.9 Å². The van der Waals surface area contributed by atoms with Crippen LogP contribution in [0.4, 0.5) is 0 Å². The lowest BCUT2D eigenvalue weighted by atomic mass is 10.0. The van der Waals surface area contributed by atoms with E-state index in [-0.39, 0.29) is 0 Å². The van der Waals surface area contributed by atoms with Gasteiger partial charge in [-0.25, -0.2) is 9.97 Å². The van der Waals surface area contributed by atoms with Crippen LogP contribution in [-0.4, -0.2) is 38.9 Å². The molecule has 0 radical (unpaired) electrons. The molecule has 0 spiro atoms. The van der Waals surface area contributed by atoms with Crippen molar-refractivity contribution in [1.82, 2.24) is 38.9 Å². The maximum Gasteiger partial charge on any atom is 0.238 e. The van der Waals surface area contributed by atoms with Crippen LogP contribution in [0, 0.1) is 0 Å². The molecule has 270 valence electrons. The van der Waals surface area contributed by atoms with E-state index in [9.17, 15) is 0 Å². The lowest BCUT2D eigenvalue weighted by molar-refractivity contribution is 0.953. The third kappa shape index (κ3) is 5.02. The summed E-state index contributed by atoms with van der Waals surface area (Å²) < 4.78 is 4.48. The lowest BCUT2D eigenvalue weighted by Crippen LogP contribution is -2.06. The molecule has 0 N–H and O–H groups in total. The Bertz CT molecular complexity index is 3440. The first-order valence-corrected chi connectivity index (χ1v) is 19.2. The van der Waals surface area contributed by atoms with Crippen molar-refractivity contribution < 1.29 is 0 Å². The van der Waals surface area contributed by atoms with Gasteiger partial charge in [0.1, 0.15) is 5.65 Å². The molecular formula is C50H30N8. The van der Waals surface area contributed by atoms with E-state index in [0.29, 0.717) is 17.6 Å². The number of nitrogens with zero attached hydrogens (tertiary/aromatic N) is 8. The standard InChI is InChI=1S/C50H30N8/c1-2-13-37-35(11-1)38-29-39-36-12-3-5-17-43(36)58(46(39)30-45(38)57-44-18-6-4-16-42(44)53-49(37)57)50-55-47(33-23-19-31(20-24-33)40-14-7-9-27-51-40)54-48(56-50)34-25-21-32(22-26-34)41-15-8-10-28-52-41/h1-30H. The number of para-hydroxylation sites is 3. The van der Waals surface area contributed by atoms with Crippen molar-refractivity contribution in [1.29, 1.82) is 0 Å². The Hall–Kier alpha value is -8.10. The molecular weight excluding hydrogens is 713 g/mol. The first kappa shape index (κ1) is 32.2. The van der Waals surface area contributed by atoms with Crippen molar-refractivity contribution in [2.45, 2.75) is 0 Å². The molecule has 0 bridgehead atoms. The topological polar surface area (TPSA) is 86.7 Å². The van der Waals surface area contributed by atoms with Crippen molar-refractivity contribution in [3.05, 3.63) is 182 Å². The van der Waals surface area contributed by atoms with Gasteiger partial charge in [0, 0.05) is 56.2 Å². The molecule has 0 aliphatic heterocycles. The largest absolute Gasteiger partial charge is 0.292 e. The summed E-state index contributed by atoms with van der Waals surface area (Å²) >= 11 is 0. The highest BCUT2D eigenvalue weighted by molar-refractivity contribution is 6.20. The first-order valence-electron chi connectivity index (χ1n) is 19.2. The predicted octanol–water partition coefficient (Wildman–Crippen LogP) is 11.5. The van der Waals surface area contributed by atoms with Gasteiger partial charge in [0.15, 0.2) is 11.6 Å². The minimum atomic E-state index is 0.528. The number of aromatic nitrogens is 8. The van der Waals surface area contributed by atoms with Crippen LogP contribution in [0.15, 0.2) is 182 Å². The van der Waals surface area contributed by atoms with Crippen LogP contribution in [0.25, 0.3) is 111 Å². The van der Waals surface area contributed by atoms with Gasteiger partial charge in [0.25, 0.3) is 0 Å². The second-order valence-corrected chi connectivity index (χ2v) is 14.4. The zero-order valence-electron chi connectivity index (χ0n) is 30.9. The molecule has 6 aromatic carbocycles. The molecule has 0 atom stereocenters. The van der Waals surface area contributed by atoms with Crippen LogP contribution in [0.3, 0.4) is 0 Å². The fourth-order valence-electron chi connectivity index (χ4n) is 8.35. The summed E-state index contributed by atoms with van der Waals surface area (Å²) in [6, 6.07) is 58.4. The van der Waals surface area contributed by atoms with E-state index in [1.165, 1.54) is 0 Å². The summed E-state index contributed by atoms with van der Waals surface area (Å²) in [5.74, 6) is 1.67. The van der Waals surface area contributed by atoms with E-state index in [1.54, 1.807) is 0 Å². The molecule has 12 rings (SSSR count). The Morgan fingerprint density at radius 3 is 1.52 bits per heavy atom. The van der Waals surface area contributed by atoms with Gasteiger partial charge >= 0.3 is 0 Å².